The van der Waals surface area contributed by atoms with Crippen molar-refractivity contribution in [3.8, 4) is 11.5 Å². The summed E-state index contributed by atoms with van der Waals surface area (Å²) in [6.07, 6.45) is 3.33. The fourth-order valence-electron chi connectivity index (χ4n) is 5.67. The van der Waals surface area contributed by atoms with E-state index >= 15 is 0 Å². The summed E-state index contributed by atoms with van der Waals surface area (Å²) >= 11 is 0. The number of aromatic nitrogens is 3. The van der Waals surface area contributed by atoms with Crippen molar-refractivity contribution in [2.45, 2.75) is 24.2 Å². The Morgan fingerprint density at radius 1 is 1.11 bits per heavy atom. The summed E-state index contributed by atoms with van der Waals surface area (Å²) < 4.78 is 10.9. The highest BCUT2D eigenvalue weighted by Crippen LogP contribution is 2.65. The normalized spacial score (nSPS) is 21.2. The third-order valence-electron chi connectivity index (χ3n) is 8.01. The molecule has 0 bridgehead atoms. The van der Waals surface area contributed by atoms with Gasteiger partial charge in [-0.2, -0.15) is 5.10 Å². The van der Waals surface area contributed by atoms with E-state index in [9.17, 15) is 9.59 Å². The number of rotatable bonds is 6. The predicted octanol–water partition coefficient (Wildman–Crippen LogP) is 3.94. The number of likely N-dealkylation sites (tertiary alicyclic amines) is 1. The van der Waals surface area contributed by atoms with Crippen LogP contribution in [0.5, 0.6) is 11.5 Å². The first-order valence-electron chi connectivity index (χ1n) is 12.6. The van der Waals surface area contributed by atoms with Crippen LogP contribution < -0.4 is 20.1 Å². The fourth-order valence-corrected chi connectivity index (χ4v) is 5.67. The number of amides is 2. The highest BCUT2D eigenvalue weighted by molar-refractivity contribution is 6.10. The summed E-state index contributed by atoms with van der Waals surface area (Å²) in [5.74, 6) is 2.33. The van der Waals surface area contributed by atoms with E-state index in [4.69, 9.17) is 9.47 Å². The Hall–Kier alpha value is -4.60. The van der Waals surface area contributed by atoms with Crippen LogP contribution in [-0.2, 0) is 10.2 Å². The second-order valence-corrected chi connectivity index (χ2v) is 10.0. The van der Waals surface area contributed by atoms with Crippen molar-refractivity contribution < 1.29 is 19.1 Å². The Morgan fingerprint density at radius 2 is 1.97 bits per heavy atom. The van der Waals surface area contributed by atoms with Gasteiger partial charge in [-0.25, -0.2) is 4.98 Å². The summed E-state index contributed by atoms with van der Waals surface area (Å²) in [5, 5.41) is 14.7. The van der Waals surface area contributed by atoms with Gasteiger partial charge in [0.05, 0.1) is 30.7 Å². The van der Waals surface area contributed by atoms with Gasteiger partial charge >= 0.3 is 0 Å². The van der Waals surface area contributed by atoms with Crippen molar-refractivity contribution in [1.29, 1.82) is 0 Å². The van der Waals surface area contributed by atoms with E-state index < -0.39 is 5.41 Å². The molecule has 0 radical (unpaired) electrons. The van der Waals surface area contributed by atoms with Crippen LogP contribution >= 0.6 is 0 Å². The highest BCUT2D eigenvalue weighted by Gasteiger charge is 2.65. The van der Waals surface area contributed by atoms with Crippen molar-refractivity contribution in [2.24, 2.45) is 0 Å². The lowest BCUT2D eigenvalue weighted by Gasteiger charge is -2.30. The third kappa shape index (κ3) is 3.26. The van der Waals surface area contributed by atoms with Crippen LogP contribution in [0.2, 0.25) is 0 Å². The van der Waals surface area contributed by atoms with Gasteiger partial charge < -0.3 is 25.0 Å². The van der Waals surface area contributed by atoms with E-state index in [1.807, 2.05) is 30.3 Å². The number of carbonyl (C=O) groups is 2. The van der Waals surface area contributed by atoms with Crippen molar-refractivity contribution >= 4 is 40.0 Å². The van der Waals surface area contributed by atoms with Gasteiger partial charge in [0.1, 0.15) is 5.75 Å². The van der Waals surface area contributed by atoms with E-state index in [0.717, 1.165) is 59.4 Å². The standard InChI is InChI=1S/C28H26N6O4/c1-37-17-5-7-21-19(12-17)28(27(36)30-21)13-20(28)15-4-6-18-22(10-15)32-33-24(18)31-25-23(38-2)11-16(14-29-25)26(35)34-8-3-9-34/h4-7,10-12,14,20H,3,8-9,13H2,1-2H3,(H,30,36)(H2,29,31,32,33)/t20?,28-/m0/s1. The zero-order chi connectivity index (χ0) is 26.0. The van der Waals surface area contributed by atoms with Gasteiger partial charge in [0.25, 0.3) is 5.91 Å². The smallest absolute Gasteiger partial charge is 0.255 e. The second-order valence-electron chi connectivity index (χ2n) is 10.0. The maximum Gasteiger partial charge on any atom is 0.255 e. The minimum absolute atomic E-state index is 0.0343. The third-order valence-corrected chi connectivity index (χ3v) is 8.01. The first-order chi connectivity index (χ1) is 18.5. The van der Waals surface area contributed by atoms with E-state index in [2.05, 4.69) is 31.9 Å². The molecule has 2 fully saturated rings. The average Bonchev–Trinajstić information content (AvgIpc) is 3.46. The van der Waals surface area contributed by atoms with Crippen molar-refractivity contribution in [2.75, 3.05) is 37.9 Å². The molecule has 2 atom stereocenters. The molecule has 4 aromatic rings. The zero-order valence-corrected chi connectivity index (χ0v) is 21.0. The molecule has 192 valence electrons. The molecule has 38 heavy (non-hydrogen) atoms. The van der Waals surface area contributed by atoms with E-state index in [1.54, 1.807) is 31.4 Å². The van der Waals surface area contributed by atoms with Crippen molar-refractivity contribution in [3.63, 3.8) is 0 Å². The summed E-state index contributed by atoms with van der Waals surface area (Å²) in [5.41, 5.74) is 3.70. The van der Waals surface area contributed by atoms with Crippen molar-refractivity contribution in [3.05, 3.63) is 65.4 Å². The van der Waals surface area contributed by atoms with Gasteiger partial charge in [-0.1, -0.05) is 6.07 Å². The van der Waals surface area contributed by atoms with Gasteiger partial charge in [0.2, 0.25) is 5.91 Å². The number of H-pyrrole nitrogens is 1. The number of aromatic amines is 1. The number of carbonyl (C=O) groups excluding carboxylic acids is 2. The largest absolute Gasteiger partial charge is 0.497 e. The van der Waals surface area contributed by atoms with E-state index in [-0.39, 0.29) is 17.7 Å². The number of anilines is 3. The minimum Gasteiger partial charge on any atom is -0.497 e. The Labute approximate surface area is 218 Å². The van der Waals surface area contributed by atoms with Gasteiger partial charge in [-0.05, 0) is 60.4 Å². The van der Waals surface area contributed by atoms with Gasteiger partial charge in [-0.15, -0.1) is 0 Å². The SMILES string of the molecule is COc1ccc2c(c1)[C@]1(CC1c1ccc3c(Nc4ncc(C(=O)N5CCC5)cc4OC)n[nH]c3c1)C(=O)N2. The molecule has 3 N–H and O–H groups in total. The minimum atomic E-state index is -0.564. The summed E-state index contributed by atoms with van der Waals surface area (Å²) in [4.78, 5) is 31.8. The maximum absolute atomic E-state index is 13.0. The number of nitrogens with zero attached hydrogens (tertiary/aromatic N) is 3. The number of pyridine rings is 1. The van der Waals surface area contributed by atoms with E-state index in [0.29, 0.717) is 22.9 Å². The zero-order valence-electron chi connectivity index (χ0n) is 21.0. The molecule has 1 saturated carbocycles. The molecule has 4 heterocycles. The quantitative estimate of drug-likeness (QED) is 0.359. The molecule has 2 aliphatic heterocycles. The molecular weight excluding hydrogens is 484 g/mol. The molecule has 1 aliphatic carbocycles. The van der Waals surface area contributed by atoms with Crippen LogP contribution in [0.1, 0.15) is 40.2 Å². The summed E-state index contributed by atoms with van der Waals surface area (Å²) in [7, 11) is 3.18. The molecule has 2 amide bonds. The monoisotopic (exact) mass is 510 g/mol. The topological polar surface area (TPSA) is 121 Å². The average molecular weight is 511 g/mol. The first kappa shape index (κ1) is 22.6. The lowest BCUT2D eigenvalue weighted by molar-refractivity contribution is -0.118. The fraction of sp³-hybridized carbons (Fsp3) is 0.286. The maximum atomic E-state index is 13.0. The molecule has 10 nitrogen and oxygen atoms in total. The number of hydrogen-bond donors (Lipinski definition) is 3. The number of nitrogens with one attached hydrogen (secondary N) is 3. The molecule has 10 heteroatoms. The predicted molar refractivity (Wildman–Crippen MR) is 141 cm³/mol. The molecule has 1 saturated heterocycles. The molecular formula is C28H26N6O4. The molecule has 1 unspecified atom stereocenters. The van der Waals surface area contributed by atoms with Gasteiger partial charge in [-0.3, -0.25) is 14.7 Å². The Morgan fingerprint density at radius 3 is 2.74 bits per heavy atom. The van der Waals surface area contributed by atoms with Gasteiger partial charge in [0, 0.05) is 36.3 Å². The van der Waals surface area contributed by atoms with Gasteiger partial charge in [0.15, 0.2) is 17.4 Å². The van der Waals surface area contributed by atoms with Crippen LogP contribution in [0.15, 0.2) is 48.7 Å². The number of methoxy groups -OCH3 is 2. The Kier molecular flexibility index (Phi) is 4.88. The van der Waals surface area contributed by atoms with Crippen LogP contribution in [0.4, 0.5) is 17.3 Å². The Balaban J connectivity index is 1.15. The number of benzene rings is 2. The highest BCUT2D eigenvalue weighted by atomic mass is 16.5. The molecule has 7 rings (SSSR count). The van der Waals surface area contributed by atoms with Crippen LogP contribution in [-0.4, -0.2) is 59.2 Å². The Bertz CT molecular complexity index is 1630. The molecule has 2 aromatic heterocycles. The van der Waals surface area contributed by atoms with Crippen LogP contribution in [0, 0.1) is 0 Å². The first-order valence-corrected chi connectivity index (χ1v) is 12.6. The second kappa shape index (κ2) is 8.20. The summed E-state index contributed by atoms with van der Waals surface area (Å²) in [6, 6.07) is 13.5. The van der Waals surface area contributed by atoms with Crippen LogP contribution in [0.3, 0.4) is 0 Å². The molecule has 3 aliphatic rings. The molecule has 1 spiro atoms. The van der Waals surface area contributed by atoms with E-state index in [1.165, 1.54) is 0 Å². The lowest BCUT2D eigenvalue weighted by atomic mass is 9.91. The lowest BCUT2D eigenvalue weighted by Crippen LogP contribution is -2.42. The van der Waals surface area contributed by atoms with Crippen molar-refractivity contribution in [1.82, 2.24) is 20.1 Å². The summed E-state index contributed by atoms with van der Waals surface area (Å²) in [6.45, 7) is 1.55. The van der Waals surface area contributed by atoms with Crippen LogP contribution in [0.25, 0.3) is 10.9 Å². The molecule has 2 aromatic carbocycles. The number of fused-ring (bicyclic) bond motifs is 3. The number of ether oxygens (including phenoxy) is 2. The number of hydrogen-bond acceptors (Lipinski definition) is 7.